The van der Waals surface area contributed by atoms with Crippen LogP contribution in [-0.4, -0.2) is 24.1 Å². The van der Waals surface area contributed by atoms with E-state index >= 15 is 0 Å². The van der Waals surface area contributed by atoms with E-state index in [0.29, 0.717) is 35.4 Å². The molecule has 0 bridgehead atoms. The van der Waals surface area contributed by atoms with Crippen molar-refractivity contribution in [2.24, 2.45) is 0 Å². The summed E-state index contributed by atoms with van der Waals surface area (Å²) >= 11 is 1.41. The largest absolute Gasteiger partial charge is 0.486 e. The monoisotopic (exact) mass is 394 g/mol. The van der Waals surface area contributed by atoms with E-state index in [4.69, 9.17) is 9.47 Å². The van der Waals surface area contributed by atoms with Gasteiger partial charge in [-0.15, -0.1) is 11.3 Å². The van der Waals surface area contributed by atoms with Gasteiger partial charge in [-0.1, -0.05) is 45.0 Å². The number of aromatic nitrogens is 1. The fourth-order valence-electron chi connectivity index (χ4n) is 2.96. The summed E-state index contributed by atoms with van der Waals surface area (Å²) in [5.74, 6) is 1.04. The Bertz CT molecular complexity index is 1000. The first kappa shape index (κ1) is 18.5. The Balaban J connectivity index is 1.48. The molecule has 4 rings (SSSR count). The molecular weight excluding hydrogens is 372 g/mol. The van der Waals surface area contributed by atoms with Crippen molar-refractivity contribution in [2.45, 2.75) is 26.2 Å². The summed E-state index contributed by atoms with van der Waals surface area (Å²) in [7, 11) is 0. The van der Waals surface area contributed by atoms with E-state index in [-0.39, 0.29) is 11.3 Å². The quantitative estimate of drug-likeness (QED) is 0.669. The summed E-state index contributed by atoms with van der Waals surface area (Å²) < 4.78 is 11.0. The summed E-state index contributed by atoms with van der Waals surface area (Å²) in [6, 6.07) is 13.6. The molecule has 1 N–H and O–H groups in total. The van der Waals surface area contributed by atoms with Crippen LogP contribution < -0.4 is 14.8 Å². The van der Waals surface area contributed by atoms with Crippen molar-refractivity contribution in [1.82, 2.24) is 4.98 Å². The number of carbonyl (C=O) groups is 1. The lowest BCUT2D eigenvalue weighted by molar-refractivity contribution is 0.102. The molecule has 0 aliphatic carbocycles. The number of fused-ring (bicyclic) bond motifs is 1. The van der Waals surface area contributed by atoms with Crippen LogP contribution in [0.5, 0.6) is 11.5 Å². The van der Waals surface area contributed by atoms with E-state index in [9.17, 15) is 4.79 Å². The number of hydrogen-bond donors (Lipinski definition) is 1. The molecule has 0 fully saturated rings. The Kier molecular flexibility index (Phi) is 4.81. The third-order valence-corrected chi connectivity index (χ3v) is 5.33. The Morgan fingerprint density at radius 1 is 1.04 bits per heavy atom. The average Bonchev–Trinajstić information content (AvgIpc) is 3.15. The Labute approximate surface area is 168 Å². The van der Waals surface area contributed by atoms with Crippen LogP contribution in [0.15, 0.2) is 47.8 Å². The molecule has 1 aliphatic heterocycles. The molecule has 1 aliphatic rings. The number of benzene rings is 2. The number of ether oxygens (including phenoxy) is 2. The lowest BCUT2D eigenvalue weighted by atomic mass is 9.86. The van der Waals surface area contributed by atoms with Gasteiger partial charge in [-0.25, -0.2) is 4.98 Å². The van der Waals surface area contributed by atoms with Crippen molar-refractivity contribution in [1.29, 1.82) is 0 Å². The van der Waals surface area contributed by atoms with Crippen molar-refractivity contribution in [3.8, 4) is 22.8 Å². The van der Waals surface area contributed by atoms with Gasteiger partial charge >= 0.3 is 0 Å². The molecule has 144 valence electrons. The van der Waals surface area contributed by atoms with Crippen molar-refractivity contribution < 1.29 is 14.3 Å². The van der Waals surface area contributed by atoms with Gasteiger partial charge in [0.1, 0.15) is 13.2 Å². The van der Waals surface area contributed by atoms with E-state index in [1.54, 1.807) is 18.2 Å². The zero-order chi connectivity index (χ0) is 19.7. The average molecular weight is 394 g/mol. The number of rotatable bonds is 3. The molecule has 3 aromatic rings. The van der Waals surface area contributed by atoms with E-state index in [1.165, 1.54) is 16.9 Å². The van der Waals surface area contributed by atoms with E-state index in [1.807, 2.05) is 5.38 Å². The van der Waals surface area contributed by atoms with Crippen molar-refractivity contribution in [3.05, 3.63) is 59.0 Å². The molecular formula is C22H22N2O3S. The fraction of sp³-hybridized carbons (Fsp3) is 0.273. The van der Waals surface area contributed by atoms with Crippen molar-refractivity contribution >= 4 is 22.4 Å². The normalized spacial score (nSPS) is 13.2. The van der Waals surface area contributed by atoms with Crippen LogP contribution in [0.4, 0.5) is 5.13 Å². The van der Waals surface area contributed by atoms with Crippen molar-refractivity contribution in [2.75, 3.05) is 18.5 Å². The highest BCUT2D eigenvalue weighted by atomic mass is 32.1. The minimum atomic E-state index is -0.221. The third kappa shape index (κ3) is 3.87. The van der Waals surface area contributed by atoms with Crippen LogP contribution in [0.3, 0.4) is 0 Å². The topological polar surface area (TPSA) is 60.5 Å². The standard InChI is InChI=1S/C22H22N2O3S/c1-22(2,3)16-7-4-14(5-8-16)17-13-28-21(23-17)24-20(25)15-6-9-18-19(12-15)27-11-10-26-18/h4-9,12-13H,10-11H2,1-3H3,(H,23,24,25). The summed E-state index contributed by atoms with van der Waals surface area (Å²) in [6.07, 6.45) is 0. The molecule has 0 saturated carbocycles. The maximum Gasteiger partial charge on any atom is 0.257 e. The summed E-state index contributed by atoms with van der Waals surface area (Å²) in [5, 5.41) is 5.38. The maximum atomic E-state index is 12.6. The van der Waals surface area contributed by atoms with E-state index < -0.39 is 0 Å². The molecule has 0 radical (unpaired) electrons. The fourth-order valence-corrected chi connectivity index (χ4v) is 3.67. The molecule has 0 unspecified atom stereocenters. The SMILES string of the molecule is CC(C)(C)c1ccc(-c2csc(NC(=O)c3ccc4c(c3)OCCO4)n2)cc1. The van der Waals surface area contributed by atoms with Gasteiger partial charge in [0.2, 0.25) is 0 Å². The molecule has 6 heteroatoms. The first-order valence-electron chi connectivity index (χ1n) is 9.17. The number of carbonyl (C=O) groups excluding carboxylic acids is 1. The van der Waals surface area contributed by atoms with Crippen LogP contribution in [-0.2, 0) is 5.41 Å². The predicted octanol–water partition coefficient (Wildman–Crippen LogP) is 5.13. The van der Waals surface area contributed by atoms with Gasteiger partial charge in [-0.05, 0) is 29.2 Å². The second-order valence-electron chi connectivity index (χ2n) is 7.68. The van der Waals surface area contributed by atoms with Crippen LogP contribution in [0.2, 0.25) is 0 Å². The number of nitrogens with zero attached hydrogens (tertiary/aromatic N) is 1. The molecule has 1 aromatic heterocycles. The maximum absolute atomic E-state index is 12.6. The minimum absolute atomic E-state index is 0.114. The van der Waals surface area contributed by atoms with Gasteiger partial charge in [0.15, 0.2) is 16.6 Å². The lowest BCUT2D eigenvalue weighted by Gasteiger charge is -2.18. The first-order chi connectivity index (χ1) is 13.4. The highest BCUT2D eigenvalue weighted by Gasteiger charge is 2.17. The molecule has 2 heterocycles. The number of amides is 1. The summed E-state index contributed by atoms with van der Waals surface area (Å²) in [5.41, 5.74) is 3.78. The van der Waals surface area contributed by atoms with Crippen molar-refractivity contribution in [3.63, 3.8) is 0 Å². The Hall–Kier alpha value is -2.86. The van der Waals surface area contributed by atoms with Gasteiger partial charge < -0.3 is 9.47 Å². The van der Waals surface area contributed by atoms with Gasteiger partial charge in [-0.2, -0.15) is 0 Å². The molecule has 0 atom stereocenters. The third-order valence-electron chi connectivity index (χ3n) is 4.58. The highest BCUT2D eigenvalue weighted by molar-refractivity contribution is 7.14. The molecule has 0 saturated heterocycles. The molecule has 1 amide bonds. The van der Waals surface area contributed by atoms with Gasteiger partial charge in [-0.3, -0.25) is 10.1 Å². The van der Waals surface area contributed by atoms with Crippen LogP contribution in [0.1, 0.15) is 36.7 Å². The number of hydrogen-bond acceptors (Lipinski definition) is 5. The van der Waals surface area contributed by atoms with Gasteiger partial charge in [0.25, 0.3) is 5.91 Å². The smallest absolute Gasteiger partial charge is 0.257 e. The van der Waals surface area contributed by atoms with Crippen LogP contribution in [0.25, 0.3) is 11.3 Å². The molecule has 28 heavy (non-hydrogen) atoms. The van der Waals surface area contributed by atoms with Gasteiger partial charge in [0, 0.05) is 16.5 Å². The zero-order valence-electron chi connectivity index (χ0n) is 16.1. The number of anilines is 1. The zero-order valence-corrected chi connectivity index (χ0v) is 16.9. The summed E-state index contributed by atoms with van der Waals surface area (Å²) in [4.78, 5) is 17.1. The molecule has 0 spiro atoms. The van der Waals surface area contributed by atoms with E-state index in [0.717, 1.165) is 11.3 Å². The van der Waals surface area contributed by atoms with Crippen LogP contribution in [0, 0.1) is 0 Å². The van der Waals surface area contributed by atoms with Crippen LogP contribution >= 0.6 is 11.3 Å². The van der Waals surface area contributed by atoms with Gasteiger partial charge in [0.05, 0.1) is 5.69 Å². The second-order valence-corrected chi connectivity index (χ2v) is 8.54. The second kappa shape index (κ2) is 7.28. The lowest BCUT2D eigenvalue weighted by Crippen LogP contribution is -2.17. The molecule has 2 aromatic carbocycles. The van der Waals surface area contributed by atoms with E-state index in [2.05, 4.69) is 55.3 Å². The molecule has 5 nitrogen and oxygen atoms in total. The highest BCUT2D eigenvalue weighted by Crippen LogP contribution is 2.32. The Morgan fingerprint density at radius 3 is 2.46 bits per heavy atom. The minimum Gasteiger partial charge on any atom is -0.486 e. The predicted molar refractivity (Wildman–Crippen MR) is 112 cm³/mol. The first-order valence-corrected chi connectivity index (χ1v) is 10.1. The number of thiazole rings is 1. The Morgan fingerprint density at radius 2 is 1.75 bits per heavy atom. The number of nitrogens with one attached hydrogen (secondary N) is 1. The summed E-state index contributed by atoms with van der Waals surface area (Å²) in [6.45, 7) is 7.59.